The summed E-state index contributed by atoms with van der Waals surface area (Å²) in [5.41, 5.74) is 11.3. The zero-order valence-electron chi connectivity index (χ0n) is 12.2. The molecule has 0 unspecified atom stereocenters. The van der Waals surface area contributed by atoms with Crippen LogP contribution in [0.4, 0.5) is 0 Å². The van der Waals surface area contributed by atoms with Crippen LogP contribution < -0.4 is 11.5 Å². The summed E-state index contributed by atoms with van der Waals surface area (Å²) in [6, 6.07) is 5.29. The molecular formula is C13H20N4O4S. The highest BCUT2D eigenvalue weighted by atomic mass is 32.2. The first kappa shape index (κ1) is 17.9. The SMILES string of the molecule is Cc1ccccc1S(=O)(=O)N(CCC[C@H](N)C(=O)O)C(=N)N. The number of nitrogens with one attached hydrogen (secondary N) is 1. The Morgan fingerprint density at radius 2 is 2.00 bits per heavy atom. The van der Waals surface area contributed by atoms with Gasteiger partial charge in [-0.15, -0.1) is 0 Å². The molecule has 0 saturated heterocycles. The molecule has 22 heavy (non-hydrogen) atoms. The maximum atomic E-state index is 12.6. The standard InChI is InChI=1S/C13H20N4O4S/c1-9-5-2-3-7-11(9)22(20,21)17(13(15)16)8-4-6-10(14)12(18)19/h2-3,5,7,10H,4,6,8,14H2,1H3,(H3,15,16)(H,18,19)/t10-/m0/s1. The molecule has 0 fully saturated rings. The minimum atomic E-state index is -3.95. The van der Waals surface area contributed by atoms with Gasteiger partial charge in [0.25, 0.3) is 10.0 Å². The Morgan fingerprint density at radius 3 is 2.50 bits per heavy atom. The maximum absolute atomic E-state index is 12.6. The van der Waals surface area contributed by atoms with E-state index < -0.39 is 28.0 Å². The van der Waals surface area contributed by atoms with Gasteiger partial charge in [0.15, 0.2) is 0 Å². The van der Waals surface area contributed by atoms with Crippen molar-refractivity contribution in [1.82, 2.24) is 4.31 Å². The predicted octanol–water partition coefficient (Wildman–Crippen LogP) is 0.0713. The van der Waals surface area contributed by atoms with E-state index in [4.69, 9.17) is 22.0 Å². The lowest BCUT2D eigenvalue weighted by atomic mass is 10.2. The third-order valence-corrected chi connectivity index (χ3v) is 5.10. The molecule has 9 heteroatoms. The van der Waals surface area contributed by atoms with Crippen LogP contribution in [0.25, 0.3) is 0 Å². The van der Waals surface area contributed by atoms with Crippen LogP contribution in [-0.2, 0) is 14.8 Å². The molecule has 0 saturated carbocycles. The first-order chi connectivity index (χ1) is 10.2. The number of sulfonamides is 1. The summed E-state index contributed by atoms with van der Waals surface area (Å²) in [5, 5.41) is 16.2. The van der Waals surface area contributed by atoms with Gasteiger partial charge in [-0.25, -0.2) is 12.7 Å². The van der Waals surface area contributed by atoms with Crippen molar-refractivity contribution in [3.63, 3.8) is 0 Å². The highest BCUT2D eigenvalue weighted by Gasteiger charge is 2.27. The van der Waals surface area contributed by atoms with Gasteiger partial charge < -0.3 is 16.6 Å². The third kappa shape index (κ3) is 4.18. The predicted molar refractivity (Wildman–Crippen MR) is 81.8 cm³/mol. The molecular weight excluding hydrogens is 308 g/mol. The van der Waals surface area contributed by atoms with Crippen LogP contribution in [0.2, 0.25) is 0 Å². The van der Waals surface area contributed by atoms with Crippen LogP contribution in [0.1, 0.15) is 18.4 Å². The third-order valence-electron chi connectivity index (χ3n) is 3.12. The number of aliphatic carboxylic acids is 1. The van der Waals surface area contributed by atoms with E-state index in [0.717, 1.165) is 4.31 Å². The molecule has 6 N–H and O–H groups in total. The Hall–Kier alpha value is -2.13. The first-order valence-electron chi connectivity index (χ1n) is 6.58. The number of guanidine groups is 1. The number of nitrogens with zero attached hydrogens (tertiary/aromatic N) is 1. The number of carboxylic acid groups (broad SMARTS) is 1. The van der Waals surface area contributed by atoms with Crippen molar-refractivity contribution in [1.29, 1.82) is 5.41 Å². The van der Waals surface area contributed by atoms with Gasteiger partial charge in [0.05, 0.1) is 4.90 Å². The summed E-state index contributed by atoms with van der Waals surface area (Å²) < 4.78 is 25.9. The van der Waals surface area contributed by atoms with Crippen molar-refractivity contribution < 1.29 is 18.3 Å². The molecule has 0 aliphatic rings. The van der Waals surface area contributed by atoms with Crippen LogP contribution in [-0.4, -0.2) is 42.3 Å². The molecule has 0 aliphatic heterocycles. The van der Waals surface area contributed by atoms with E-state index in [1.165, 1.54) is 6.07 Å². The van der Waals surface area contributed by atoms with E-state index in [1.807, 2.05) is 0 Å². The molecule has 0 amide bonds. The summed E-state index contributed by atoms with van der Waals surface area (Å²) in [4.78, 5) is 10.7. The van der Waals surface area contributed by atoms with Crippen LogP contribution >= 0.6 is 0 Å². The minimum absolute atomic E-state index is 0.0627. The van der Waals surface area contributed by atoms with E-state index in [-0.39, 0.29) is 24.3 Å². The van der Waals surface area contributed by atoms with Gasteiger partial charge in [-0.2, -0.15) is 0 Å². The second-order valence-electron chi connectivity index (χ2n) is 4.81. The number of benzene rings is 1. The van der Waals surface area contributed by atoms with E-state index >= 15 is 0 Å². The summed E-state index contributed by atoms with van der Waals surface area (Å²) >= 11 is 0. The lowest BCUT2D eigenvalue weighted by Gasteiger charge is -2.23. The fourth-order valence-corrected chi connectivity index (χ4v) is 3.50. The van der Waals surface area contributed by atoms with Crippen LogP contribution in [0.3, 0.4) is 0 Å². The quantitative estimate of drug-likeness (QED) is 0.411. The summed E-state index contributed by atoms with van der Waals surface area (Å²) in [6.45, 7) is 1.54. The second kappa shape index (κ2) is 7.23. The summed E-state index contributed by atoms with van der Waals surface area (Å²) in [7, 11) is -3.95. The Bertz CT molecular complexity index is 660. The van der Waals surface area contributed by atoms with Gasteiger partial charge in [-0.05, 0) is 31.4 Å². The van der Waals surface area contributed by atoms with Crippen molar-refractivity contribution in [2.75, 3.05) is 6.54 Å². The smallest absolute Gasteiger partial charge is 0.320 e. The molecule has 0 spiro atoms. The van der Waals surface area contributed by atoms with E-state index in [0.29, 0.717) is 5.56 Å². The van der Waals surface area contributed by atoms with E-state index in [1.54, 1.807) is 25.1 Å². The Morgan fingerprint density at radius 1 is 1.41 bits per heavy atom. The summed E-state index contributed by atoms with van der Waals surface area (Å²) in [5.74, 6) is -1.77. The molecule has 122 valence electrons. The number of aryl methyl sites for hydroxylation is 1. The zero-order chi connectivity index (χ0) is 16.9. The highest BCUT2D eigenvalue weighted by molar-refractivity contribution is 7.89. The lowest BCUT2D eigenvalue weighted by molar-refractivity contribution is -0.138. The number of nitrogens with two attached hydrogens (primary N) is 2. The highest BCUT2D eigenvalue weighted by Crippen LogP contribution is 2.19. The Kier molecular flexibility index (Phi) is 5.89. The fourth-order valence-electron chi connectivity index (χ4n) is 1.91. The van der Waals surface area contributed by atoms with Crippen LogP contribution in [0.15, 0.2) is 29.2 Å². The summed E-state index contributed by atoms with van der Waals surface area (Å²) in [6.07, 6.45) is 0.264. The molecule has 1 rings (SSSR count). The normalized spacial score (nSPS) is 12.6. The van der Waals surface area contributed by atoms with Gasteiger partial charge in [0.2, 0.25) is 5.96 Å². The lowest BCUT2D eigenvalue weighted by Crippen LogP contribution is -2.42. The molecule has 0 aromatic heterocycles. The molecule has 8 nitrogen and oxygen atoms in total. The minimum Gasteiger partial charge on any atom is -0.480 e. The van der Waals surface area contributed by atoms with Crippen molar-refractivity contribution in [3.8, 4) is 0 Å². The van der Waals surface area contributed by atoms with Gasteiger partial charge in [-0.3, -0.25) is 10.2 Å². The Labute approximate surface area is 129 Å². The molecule has 0 bridgehead atoms. The molecule has 0 heterocycles. The molecule has 0 radical (unpaired) electrons. The second-order valence-corrected chi connectivity index (χ2v) is 6.65. The monoisotopic (exact) mass is 328 g/mol. The first-order valence-corrected chi connectivity index (χ1v) is 8.02. The van der Waals surface area contributed by atoms with Gasteiger partial charge in [0, 0.05) is 6.54 Å². The molecule has 1 aromatic carbocycles. The van der Waals surface area contributed by atoms with Crippen LogP contribution in [0.5, 0.6) is 0 Å². The van der Waals surface area contributed by atoms with Crippen molar-refractivity contribution in [2.24, 2.45) is 11.5 Å². The molecule has 1 atom stereocenters. The number of hydrogen-bond acceptors (Lipinski definition) is 5. The maximum Gasteiger partial charge on any atom is 0.320 e. The number of rotatable bonds is 7. The van der Waals surface area contributed by atoms with Gasteiger partial charge in [0.1, 0.15) is 6.04 Å². The zero-order valence-corrected chi connectivity index (χ0v) is 13.0. The van der Waals surface area contributed by atoms with Crippen LogP contribution in [0, 0.1) is 12.3 Å². The van der Waals surface area contributed by atoms with E-state index in [9.17, 15) is 13.2 Å². The average molecular weight is 328 g/mol. The molecule has 1 aromatic rings. The van der Waals surface area contributed by atoms with Crippen molar-refractivity contribution in [3.05, 3.63) is 29.8 Å². The van der Waals surface area contributed by atoms with Crippen molar-refractivity contribution in [2.45, 2.75) is 30.7 Å². The topological polar surface area (TPSA) is 151 Å². The number of hydrogen-bond donors (Lipinski definition) is 4. The number of carbonyl (C=O) groups is 1. The van der Waals surface area contributed by atoms with Crippen molar-refractivity contribution >= 4 is 22.0 Å². The largest absolute Gasteiger partial charge is 0.480 e. The van der Waals surface area contributed by atoms with Gasteiger partial charge >= 0.3 is 5.97 Å². The molecule has 0 aliphatic carbocycles. The Balaban J connectivity index is 2.94. The average Bonchev–Trinajstić information content (AvgIpc) is 2.42. The van der Waals surface area contributed by atoms with Gasteiger partial charge in [-0.1, -0.05) is 18.2 Å². The fraction of sp³-hybridized carbons (Fsp3) is 0.385. The number of carboxylic acids is 1. The van der Waals surface area contributed by atoms with E-state index in [2.05, 4.69) is 0 Å².